The van der Waals surface area contributed by atoms with Crippen LogP contribution in [0.2, 0.25) is 0 Å². The number of allylic oxidation sites excluding steroid dienone is 1. The highest BCUT2D eigenvalue weighted by Crippen LogP contribution is 2.30. The molecule has 16 heavy (non-hydrogen) atoms. The number of rotatable bonds is 5. The number of aliphatic hydroxyl groups is 1. The van der Waals surface area contributed by atoms with Crippen molar-refractivity contribution in [3.63, 3.8) is 0 Å². The predicted molar refractivity (Wildman–Crippen MR) is 62.0 cm³/mol. The maximum Gasteiger partial charge on any atom is 0.132 e. The normalized spacial score (nSPS) is 12.2. The van der Waals surface area contributed by atoms with E-state index in [2.05, 4.69) is 6.58 Å². The van der Waals surface area contributed by atoms with Gasteiger partial charge in [0.25, 0.3) is 0 Å². The highest BCUT2D eigenvalue weighted by molar-refractivity contribution is 5.36. The van der Waals surface area contributed by atoms with E-state index in [1.807, 2.05) is 6.92 Å². The van der Waals surface area contributed by atoms with Gasteiger partial charge >= 0.3 is 0 Å². The molecule has 0 amide bonds. The first-order chi connectivity index (χ1) is 7.56. The van der Waals surface area contributed by atoms with Crippen molar-refractivity contribution in [2.75, 3.05) is 7.11 Å². The molecule has 0 spiro atoms. The Morgan fingerprint density at radius 3 is 2.81 bits per heavy atom. The average Bonchev–Trinajstić information content (AvgIpc) is 2.25. The van der Waals surface area contributed by atoms with Crippen LogP contribution in [0, 0.1) is 5.82 Å². The van der Waals surface area contributed by atoms with Crippen LogP contribution in [0.4, 0.5) is 4.39 Å². The van der Waals surface area contributed by atoms with Crippen molar-refractivity contribution in [1.29, 1.82) is 0 Å². The van der Waals surface area contributed by atoms with E-state index >= 15 is 0 Å². The molecule has 0 aliphatic carbocycles. The molecule has 1 N–H and O–H groups in total. The van der Waals surface area contributed by atoms with Crippen LogP contribution >= 0.6 is 0 Å². The number of hydrogen-bond acceptors (Lipinski definition) is 2. The number of benzene rings is 1. The lowest BCUT2D eigenvalue weighted by Gasteiger charge is -2.15. The number of hydrogen-bond donors (Lipinski definition) is 1. The van der Waals surface area contributed by atoms with Crippen LogP contribution in [0.15, 0.2) is 30.4 Å². The Morgan fingerprint density at radius 2 is 2.25 bits per heavy atom. The van der Waals surface area contributed by atoms with Gasteiger partial charge in [-0.15, -0.1) is 6.58 Å². The molecule has 0 saturated carbocycles. The second kappa shape index (κ2) is 5.66. The molecule has 0 bridgehead atoms. The summed E-state index contributed by atoms with van der Waals surface area (Å²) in [7, 11) is 1.46. The molecule has 1 unspecified atom stereocenters. The minimum Gasteiger partial charge on any atom is -0.496 e. The van der Waals surface area contributed by atoms with E-state index in [9.17, 15) is 9.50 Å². The molecule has 0 heterocycles. The quantitative estimate of drug-likeness (QED) is 0.778. The van der Waals surface area contributed by atoms with E-state index in [-0.39, 0.29) is 5.56 Å². The number of halogens is 1. The highest BCUT2D eigenvalue weighted by Gasteiger charge is 2.17. The van der Waals surface area contributed by atoms with Crippen molar-refractivity contribution in [3.8, 4) is 5.75 Å². The van der Waals surface area contributed by atoms with Crippen molar-refractivity contribution < 1.29 is 14.2 Å². The van der Waals surface area contributed by atoms with E-state index in [4.69, 9.17) is 4.74 Å². The largest absolute Gasteiger partial charge is 0.496 e. The minimum absolute atomic E-state index is 0.228. The molecule has 1 aromatic carbocycles. The van der Waals surface area contributed by atoms with Gasteiger partial charge in [-0.25, -0.2) is 4.39 Å². The summed E-state index contributed by atoms with van der Waals surface area (Å²) in [6.07, 6.45) is 0.263. The summed E-state index contributed by atoms with van der Waals surface area (Å²) in [4.78, 5) is 0. The van der Waals surface area contributed by atoms with Crippen LogP contribution in [-0.4, -0.2) is 12.2 Å². The lowest BCUT2D eigenvalue weighted by Crippen LogP contribution is -2.04. The van der Waals surface area contributed by atoms with Gasteiger partial charge in [0.15, 0.2) is 0 Å². The third kappa shape index (κ3) is 3.07. The first-order valence-electron chi connectivity index (χ1n) is 5.21. The smallest absolute Gasteiger partial charge is 0.132 e. The summed E-state index contributed by atoms with van der Waals surface area (Å²) in [6.45, 7) is 5.63. The van der Waals surface area contributed by atoms with E-state index < -0.39 is 11.9 Å². The molecule has 1 atom stereocenters. The molecular formula is C13H17FO2. The Bertz CT molecular complexity index is 374. The van der Waals surface area contributed by atoms with Gasteiger partial charge in [-0.3, -0.25) is 0 Å². The SMILES string of the molecule is C=C(C)CCC(O)c1c(F)cccc1OC. The lowest BCUT2D eigenvalue weighted by atomic mass is 10.0. The third-order valence-electron chi connectivity index (χ3n) is 2.41. The summed E-state index contributed by atoms with van der Waals surface area (Å²) in [5.74, 6) is -0.0530. The number of methoxy groups -OCH3 is 1. The molecule has 0 aliphatic heterocycles. The molecule has 0 saturated heterocycles. The molecule has 2 nitrogen and oxygen atoms in total. The molecule has 0 radical (unpaired) electrons. The monoisotopic (exact) mass is 224 g/mol. The summed E-state index contributed by atoms with van der Waals surface area (Å²) >= 11 is 0. The van der Waals surface area contributed by atoms with Gasteiger partial charge < -0.3 is 9.84 Å². The van der Waals surface area contributed by atoms with E-state index in [1.54, 1.807) is 12.1 Å². The van der Waals surface area contributed by atoms with Crippen LogP contribution in [0.5, 0.6) is 5.75 Å². The highest BCUT2D eigenvalue weighted by atomic mass is 19.1. The minimum atomic E-state index is -0.854. The van der Waals surface area contributed by atoms with E-state index in [0.29, 0.717) is 18.6 Å². The van der Waals surface area contributed by atoms with Gasteiger partial charge in [0, 0.05) is 0 Å². The average molecular weight is 224 g/mol. The standard InChI is InChI=1S/C13H17FO2/c1-9(2)7-8-11(15)13-10(14)5-4-6-12(13)16-3/h4-6,11,15H,1,7-8H2,2-3H3. The fourth-order valence-electron chi connectivity index (χ4n) is 1.55. The fourth-order valence-corrected chi connectivity index (χ4v) is 1.55. The molecule has 0 fully saturated rings. The maximum atomic E-state index is 13.5. The Balaban J connectivity index is 2.88. The van der Waals surface area contributed by atoms with Gasteiger partial charge in [-0.1, -0.05) is 11.6 Å². The second-order valence-corrected chi connectivity index (χ2v) is 3.87. The Kier molecular flexibility index (Phi) is 4.50. The second-order valence-electron chi connectivity index (χ2n) is 3.87. The topological polar surface area (TPSA) is 29.5 Å². The molecule has 1 rings (SSSR count). The van der Waals surface area contributed by atoms with Crippen LogP contribution in [-0.2, 0) is 0 Å². The molecular weight excluding hydrogens is 207 g/mol. The summed E-state index contributed by atoms with van der Waals surface area (Å²) in [5, 5.41) is 9.90. The van der Waals surface area contributed by atoms with Crippen molar-refractivity contribution in [3.05, 3.63) is 41.7 Å². The zero-order valence-corrected chi connectivity index (χ0v) is 9.66. The molecule has 1 aromatic rings. The van der Waals surface area contributed by atoms with E-state index in [1.165, 1.54) is 13.2 Å². The number of aliphatic hydroxyl groups excluding tert-OH is 1. The number of ether oxygens (including phenoxy) is 1. The van der Waals surface area contributed by atoms with Crippen molar-refractivity contribution in [1.82, 2.24) is 0 Å². The maximum absolute atomic E-state index is 13.5. The van der Waals surface area contributed by atoms with Gasteiger partial charge in [0.1, 0.15) is 11.6 Å². The van der Waals surface area contributed by atoms with Gasteiger partial charge in [-0.05, 0) is 31.9 Å². The lowest BCUT2D eigenvalue weighted by molar-refractivity contribution is 0.158. The Morgan fingerprint density at radius 1 is 1.56 bits per heavy atom. The van der Waals surface area contributed by atoms with E-state index in [0.717, 1.165) is 5.57 Å². The van der Waals surface area contributed by atoms with Gasteiger partial charge in [-0.2, -0.15) is 0 Å². The summed E-state index contributed by atoms with van der Waals surface area (Å²) < 4.78 is 18.6. The summed E-state index contributed by atoms with van der Waals surface area (Å²) in [6, 6.07) is 4.52. The molecule has 0 aliphatic rings. The van der Waals surface area contributed by atoms with Gasteiger partial charge in [0.05, 0.1) is 18.8 Å². The molecule has 0 aromatic heterocycles. The van der Waals surface area contributed by atoms with Crippen LogP contribution < -0.4 is 4.74 Å². The Hall–Kier alpha value is -1.35. The van der Waals surface area contributed by atoms with Crippen LogP contribution in [0.3, 0.4) is 0 Å². The van der Waals surface area contributed by atoms with Crippen molar-refractivity contribution >= 4 is 0 Å². The zero-order chi connectivity index (χ0) is 12.1. The van der Waals surface area contributed by atoms with Crippen LogP contribution in [0.1, 0.15) is 31.4 Å². The third-order valence-corrected chi connectivity index (χ3v) is 2.41. The first kappa shape index (κ1) is 12.7. The predicted octanol–water partition coefficient (Wildman–Crippen LogP) is 3.22. The van der Waals surface area contributed by atoms with Crippen molar-refractivity contribution in [2.24, 2.45) is 0 Å². The molecule has 3 heteroatoms. The summed E-state index contributed by atoms with van der Waals surface area (Å²) in [5.41, 5.74) is 1.20. The fraction of sp³-hybridized carbons (Fsp3) is 0.385. The molecule has 88 valence electrons. The Labute approximate surface area is 95.4 Å². The first-order valence-corrected chi connectivity index (χ1v) is 5.21. The van der Waals surface area contributed by atoms with Crippen LogP contribution in [0.25, 0.3) is 0 Å². The van der Waals surface area contributed by atoms with Crippen molar-refractivity contribution in [2.45, 2.75) is 25.9 Å². The zero-order valence-electron chi connectivity index (χ0n) is 9.66. The van der Waals surface area contributed by atoms with Gasteiger partial charge in [0.2, 0.25) is 0 Å².